The quantitative estimate of drug-likeness (QED) is 0.694. The molecule has 1 rings (SSSR count). The zero-order valence-electron chi connectivity index (χ0n) is 9.58. The fraction of sp³-hybridized carbons (Fsp3) is 1.00. The van der Waals surface area contributed by atoms with Gasteiger partial charge in [-0.05, 0) is 57.8 Å². The first-order valence-corrected chi connectivity index (χ1v) is 6.06. The lowest BCUT2D eigenvalue weighted by Crippen LogP contribution is -2.30. The number of rotatable bonds is 6. The molecule has 0 saturated carbocycles. The van der Waals surface area contributed by atoms with Gasteiger partial charge in [-0.3, -0.25) is 0 Å². The predicted octanol–water partition coefficient (Wildman–Crippen LogP) is 2.31. The molecule has 1 aliphatic heterocycles. The number of hydrogen-bond acceptors (Lipinski definition) is 2. The van der Waals surface area contributed by atoms with E-state index in [-0.39, 0.29) is 6.42 Å². The van der Waals surface area contributed by atoms with Crippen molar-refractivity contribution in [1.82, 2.24) is 10.6 Å². The van der Waals surface area contributed by atoms with E-state index in [0.29, 0.717) is 6.54 Å². The molecule has 1 aliphatic rings. The van der Waals surface area contributed by atoms with Crippen molar-refractivity contribution in [3.05, 3.63) is 0 Å². The summed E-state index contributed by atoms with van der Waals surface area (Å²) in [7, 11) is 0. The molecule has 2 N–H and O–H groups in total. The van der Waals surface area contributed by atoms with Gasteiger partial charge in [-0.25, -0.2) is 0 Å². The van der Waals surface area contributed by atoms with Crippen LogP contribution in [0.25, 0.3) is 0 Å². The van der Waals surface area contributed by atoms with E-state index in [1.54, 1.807) is 0 Å². The van der Waals surface area contributed by atoms with Gasteiger partial charge >= 0.3 is 6.18 Å². The maximum atomic E-state index is 11.8. The van der Waals surface area contributed by atoms with E-state index in [1.165, 1.54) is 12.8 Å². The molecule has 96 valence electrons. The van der Waals surface area contributed by atoms with Gasteiger partial charge in [0.05, 0.1) is 0 Å². The van der Waals surface area contributed by atoms with E-state index >= 15 is 0 Å². The Balaban J connectivity index is 1.87. The van der Waals surface area contributed by atoms with Crippen LogP contribution in [-0.4, -0.2) is 32.4 Å². The fourth-order valence-corrected chi connectivity index (χ4v) is 2.02. The van der Waals surface area contributed by atoms with Gasteiger partial charge in [-0.15, -0.1) is 0 Å². The van der Waals surface area contributed by atoms with E-state index in [1.807, 2.05) is 0 Å². The first-order valence-electron chi connectivity index (χ1n) is 6.06. The van der Waals surface area contributed by atoms with Crippen LogP contribution in [0.1, 0.15) is 32.1 Å². The Kier molecular flexibility index (Phi) is 6.13. The molecule has 1 saturated heterocycles. The van der Waals surface area contributed by atoms with Gasteiger partial charge in [0.15, 0.2) is 0 Å². The normalized spacial score (nSPS) is 18.9. The van der Waals surface area contributed by atoms with Crippen LogP contribution in [-0.2, 0) is 0 Å². The first kappa shape index (κ1) is 13.8. The molecule has 0 aromatic carbocycles. The molecule has 0 aromatic heterocycles. The van der Waals surface area contributed by atoms with Crippen molar-refractivity contribution in [1.29, 1.82) is 0 Å². The summed E-state index contributed by atoms with van der Waals surface area (Å²) in [6.07, 6.45) is -0.998. The first-order chi connectivity index (χ1) is 7.58. The predicted molar refractivity (Wildman–Crippen MR) is 58.4 cm³/mol. The van der Waals surface area contributed by atoms with Crippen LogP contribution in [0.15, 0.2) is 0 Å². The Hall–Kier alpha value is -0.290. The molecule has 0 spiro atoms. The zero-order valence-corrected chi connectivity index (χ0v) is 9.58. The van der Waals surface area contributed by atoms with Crippen molar-refractivity contribution in [2.45, 2.75) is 38.3 Å². The number of nitrogens with one attached hydrogen (secondary N) is 2. The zero-order chi connectivity index (χ0) is 11.9. The van der Waals surface area contributed by atoms with E-state index in [2.05, 4.69) is 10.6 Å². The highest BCUT2D eigenvalue weighted by Gasteiger charge is 2.25. The Morgan fingerprint density at radius 2 is 1.81 bits per heavy atom. The third-order valence-corrected chi connectivity index (χ3v) is 3.00. The highest BCUT2D eigenvalue weighted by atomic mass is 19.4. The lowest BCUT2D eigenvalue weighted by molar-refractivity contribution is -0.135. The van der Waals surface area contributed by atoms with Crippen LogP contribution < -0.4 is 10.6 Å². The second kappa shape index (κ2) is 7.12. The molecule has 0 radical (unpaired) electrons. The van der Waals surface area contributed by atoms with E-state index in [9.17, 15) is 13.2 Å². The van der Waals surface area contributed by atoms with Crippen LogP contribution in [0.2, 0.25) is 0 Å². The molecule has 0 aliphatic carbocycles. The smallest absolute Gasteiger partial charge is 0.317 e. The topological polar surface area (TPSA) is 24.1 Å². The van der Waals surface area contributed by atoms with Crippen molar-refractivity contribution in [2.75, 3.05) is 26.2 Å². The fourth-order valence-electron chi connectivity index (χ4n) is 2.02. The van der Waals surface area contributed by atoms with Crippen LogP contribution in [0.4, 0.5) is 13.2 Å². The van der Waals surface area contributed by atoms with E-state index < -0.39 is 12.6 Å². The SMILES string of the molecule is FC(F)(F)CCCNCCC1CCNCC1. The molecule has 0 atom stereocenters. The highest BCUT2D eigenvalue weighted by molar-refractivity contribution is 4.69. The van der Waals surface area contributed by atoms with Crippen molar-refractivity contribution in [3.63, 3.8) is 0 Å². The van der Waals surface area contributed by atoms with E-state index in [0.717, 1.165) is 32.0 Å². The van der Waals surface area contributed by atoms with Gasteiger partial charge in [-0.1, -0.05) is 0 Å². The summed E-state index contributed by atoms with van der Waals surface area (Å²) in [4.78, 5) is 0. The summed E-state index contributed by atoms with van der Waals surface area (Å²) in [5.41, 5.74) is 0. The molecule has 2 nitrogen and oxygen atoms in total. The molecule has 5 heteroatoms. The third-order valence-electron chi connectivity index (χ3n) is 3.00. The van der Waals surface area contributed by atoms with Gasteiger partial charge in [0.2, 0.25) is 0 Å². The van der Waals surface area contributed by atoms with Crippen LogP contribution >= 0.6 is 0 Å². The molecule has 0 amide bonds. The lowest BCUT2D eigenvalue weighted by atomic mass is 9.95. The Morgan fingerprint density at radius 3 is 2.44 bits per heavy atom. The number of alkyl halides is 3. The largest absolute Gasteiger partial charge is 0.389 e. The maximum absolute atomic E-state index is 11.8. The summed E-state index contributed by atoms with van der Waals surface area (Å²) < 4.78 is 35.5. The summed E-state index contributed by atoms with van der Waals surface area (Å²) in [6, 6.07) is 0. The molecule has 1 fully saturated rings. The number of piperidine rings is 1. The average molecular weight is 238 g/mol. The summed E-state index contributed by atoms with van der Waals surface area (Å²) in [5, 5.41) is 6.38. The average Bonchev–Trinajstić information content (AvgIpc) is 2.23. The summed E-state index contributed by atoms with van der Waals surface area (Å²) in [5.74, 6) is 0.747. The Bertz CT molecular complexity index is 177. The standard InChI is InChI=1S/C11H21F3N2/c12-11(13,14)5-1-6-15-7-2-10-3-8-16-9-4-10/h10,15-16H,1-9H2. The molecule has 0 unspecified atom stereocenters. The third kappa shape index (κ3) is 7.06. The molecule has 1 heterocycles. The minimum absolute atomic E-state index is 0.190. The molecular formula is C11H21F3N2. The second-order valence-electron chi connectivity index (χ2n) is 4.45. The van der Waals surface area contributed by atoms with Crippen LogP contribution in [0.5, 0.6) is 0 Å². The van der Waals surface area contributed by atoms with Crippen molar-refractivity contribution in [3.8, 4) is 0 Å². The van der Waals surface area contributed by atoms with E-state index in [4.69, 9.17) is 0 Å². The summed E-state index contributed by atoms with van der Waals surface area (Å²) in [6.45, 7) is 3.49. The number of hydrogen-bond donors (Lipinski definition) is 2. The molecule has 0 aromatic rings. The lowest BCUT2D eigenvalue weighted by Gasteiger charge is -2.22. The maximum Gasteiger partial charge on any atom is 0.389 e. The number of halogens is 3. The molecule has 16 heavy (non-hydrogen) atoms. The minimum Gasteiger partial charge on any atom is -0.317 e. The van der Waals surface area contributed by atoms with Gasteiger partial charge in [0.1, 0.15) is 0 Å². The van der Waals surface area contributed by atoms with Crippen molar-refractivity contribution in [2.24, 2.45) is 5.92 Å². The van der Waals surface area contributed by atoms with Gasteiger partial charge in [0, 0.05) is 6.42 Å². The second-order valence-corrected chi connectivity index (χ2v) is 4.45. The Morgan fingerprint density at radius 1 is 1.12 bits per heavy atom. The van der Waals surface area contributed by atoms with Crippen LogP contribution in [0, 0.1) is 5.92 Å². The van der Waals surface area contributed by atoms with Gasteiger partial charge < -0.3 is 10.6 Å². The van der Waals surface area contributed by atoms with Crippen molar-refractivity contribution >= 4 is 0 Å². The Labute approximate surface area is 95.0 Å². The highest BCUT2D eigenvalue weighted by Crippen LogP contribution is 2.20. The van der Waals surface area contributed by atoms with Gasteiger partial charge in [-0.2, -0.15) is 13.2 Å². The van der Waals surface area contributed by atoms with Crippen molar-refractivity contribution < 1.29 is 13.2 Å². The minimum atomic E-state index is -4.00. The monoisotopic (exact) mass is 238 g/mol. The molecular weight excluding hydrogens is 217 g/mol. The van der Waals surface area contributed by atoms with Gasteiger partial charge in [0.25, 0.3) is 0 Å². The van der Waals surface area contributed by atoms with Crippen LogP contribution in [0.3, 0.4) is 0 Å². The summed E-state index contributed by atoms with van der Waals surface area (Å²) >= 11 is 0. The molecule has 0 bridgehead atoms.